The molecule has 3 nitrogen and oxygen atoms in total. The normalized spacial score (nSPS) is 10.6. The highest BCUT2D eigenvalue weighted by Crippen LogP contribution is 2.26. The summed E-state index contributed by atoms with van der Waals surface area (Å²) in [5.74, 6) is -2.46. The topological polar surface area (TPSA) is 34.0 Å². The van der Waals surface area contributed by atoms with E-state index in [-0.39, 0.29) is 5.02 Å². The van der Waals surface area contributed by atoms with Gasteiger partial charge in [0, 0.05) is 13.2 Å². The maximum Gasteiger partial charge on any atom is 0.272 e. The molecule has 0 saturated heterocycles. The Morgan fingerprint density at radius 3 is 2.63 bits per heavy atom. The zero-order chi connectivity index (χ0) is 14.2. The molecule has 0 bridgehead atoms. The maximum atomic E-state index is 13.7. The molecular formula is C13H11ClF2N2O. The first kappa shape index (κ1) is 13.5. The van der Waals surface area contributed by atoms with Gasteiger partial charge < -0.3 is 9.88 Å². The molecule has 1 amide bonds. The molecule has 6 heteroatoms. The molecule has 0 fully saturated rings. The van der Waals surface area contributed by atoms with Gasteiger partial charge in [-0.15, -0.1) is 0 Å². The first-order valence-electron chi connectivity index (χ1n) is 5.48. The Kier molecular flexibility index (Phi) is 3.57. The minimum absolute atomic E-state index is 0.250. The second-order valence-corrected chi connectivity index (χ2v) is 4.59. The summed E-state index contributed by atoms with van der Waals surface area (Å²) in [7, 11) is 1.67. The van der Waals surface area contributed by atoms with Gasteiger partial charge in [0.15, 0.2) is 5.82 Å². The SMILES string of the molecule is Cc1cc(C(=O)Nc2c(F)ccc(Cl)c2F)n(C)c1. The Labute approximate surface area is 113 Å². The van der Waals surface area contributed by atoms with Gasteiger partial charge in [-0.2, -0.15) is 0 Å². The molecule has 1 aromatic heterocycles. The van der Waals surface area contributed by atoms with Crippen LogP contribution in [0.2, 0.25) is 5.02 Å². The lowest BCUT2D eigenvalue weighted by Gasteiger charge is -2.09. The van der Waals surface area contributed by atoms with Crippen molar-refractivity contribution in [1.82, 2.24) is 4.57 Å². The van der Waals surface area contributed by atoms with Crippen molar-refractivity contribution in [3.05, 3.63) is 52.3 Å². The van der Waals surface area contributed by atoms with Crippen molar-refractivity contribution in [3.63, 3.8) is 0 Å². The van der Waals surface area contributed by atoms with Crippen molar-refractivity contribution >= 4 is 23.2 Å². The van der Waals surface area contributed by atoms with E-state index in [0.29, 0.717) is 5.69 Å². The van der Waals surface area contributed by atoms with Gasteiger partial charge in [0.1, 0.15) is 17.2 Å². The second-order valence-electron chi connectivity index (χ2n) is 4.19. The summed E-state index contributed by atoms with van der Waals surface area (Å²) in [5, 5.41) is 1.95. The molecule has 1 N–H and O–H groups in total. The molecular weight excluding hydrogens is 274 g/mol. The summed E-state index contributed by atoms with van der Waals surface area (Å²) >= 11 is 5.55. The number of halogens is 3. The average molecular weight is 285 g/mol. The second kappa shape index (κ2) is 5.01. The van der Waals surface area contributed by atoms with Crippen LogP contribution in [0.5, 0.6) is 0 Å². The van der Waals surface area contributed by atoms with Crippen LogP contribution in [0, 0.1) is 18.6 Å². The minimum Gasteiger partial charge on any atom is -0.346 e. The smallest absolute Gasteiger partial charge is 0.272 e. The molecule has 0 atom stereocenters. The Bertz CT molecular complexity index is 652. The Hall–Kier alpha value is -1.88. The number of carbonyl (C=O) groups is 1. The lowest BCUT2D eigenvalue weighted by Crippen LogP contribution is -2.17. The molecule has 0 aliphatic heterocycles. The zero-order valence-corrected chi connectivity index (χ0v) is 11.1. The number of hydrogen-bond donors (Lipinski definition) is 1. The van der Waals surface area contributed by atoms with E-state index in [1.54, 1.807) is 23.9 Å². The fourth-order valence-corrected chi connectivity index (χ4v) is 1.93. The largest absolute Gasteiger partial charge is 0.346 e. The van der Waals surface area contributed by atoms with Gasteiger partial charge in [0.2, 0.25) is 0 Å². The monoisotopic (exact) mass is 284 g/mol. The highest BCUT2D eigenvalue weighted by Gasteiger charge is 2.17. The fourth-order valence-electron chi connectivity index (χ4n) is 1.77. The van der Waals surface area contributed by atoms with Crippen LogP contribution in [0.1, 0.15) is 16.1 Å². The third-order valence-corrected chi connectivity index (χ3v) is 2.95. The van der Waals surface area contributed by atoms with Crippen molar-refractivity contribution in [2.45, 2.75) is 6.92 Å². The number of rotatable bonds is 2. The molecule has 0 saturated carbocycles. The van der Waals surface area contributed by atoms with E-state index in [4.69, 9.17) is 11.6 Å². The lowest BCUT2D eigenvalue weighted by atomic mass is 10.2. The van der Waals surface area contributed by atoms with E-state index in [1.165, 1.54) is 0 Å². The van der Waals surface area contributed by atoms with E-state index < -0.39 is 23.2 Å². The van der Waals surface area contributed by atoms with Gasteiger partial charge in [0.05, 0.1) is 5.02 Å². The van der Waals surface area contributed by atoms with E-state index in [9.17, 15) is 13.6 Å². The molecule has 1 heterocycles. The first-order chi connectivity index (χ1) is 8.90. The predicted molar refractivity (Wildman–Crippen MR) is 69.5 cm³/mol. The average Bonchev–Trinajstić information content (AvgIpc) is 2.69. The first-order valence-corrected chi connectivity index (χ1v) is 5.85. The number of anilines is 1. The van der Waals surface area contributed by atoms with Crippen LogP contribution in [0.25, 0.3) is 0 Å². The van der Waals surface area contributed by atoms with E-state index in [2.05, 4.69) is 5.32 Å². The number of nitrogens with one attached hydrogen (secondary N) is 1. The van der Waals surface area contributed by atoms with Crippen molar-refractivity contribution in [1.29, 1.82) is 0 Å². The molecule has 0 radical (unpaired) electrons. The lowest BCUT2D eigenvalue weighted by molar-refractivity contribution is 0.101. The van der Waals surface area contributed by atoms with Crippen LogP contribution >= 0.6 is 11.6 Å². The van der Waals surface area contributed by atoms with Crippen LogP contribution in [0.15, 0.2) is 24.4 Å². The standard InChI is InChI=1S/C13H11ClF2N2O/c1-7-5-10(18(2)6-7)13(19)17-12-9(15)4-3-8(14)11(12)16/h3-6H,1-2H3,(H,17,19). The van der Waals surface area contributed by atoms with Gasteiger partial charge in [-0.1, -0.05) is 11.6 Å². The van der Waals surface area contributed by atoms with Gasteiger partial charge in [-0.05, 0) is 30.7 Å². The number of aromatic nitrogens is 1. The predicted octanol–water partition coefficient (Wildman–Crippen LogP) is 3.52. The molecule has 0 aliphatic carbocycles. The summed E-state index contributed by atoms with van der Waals surface area (Å²) < 4.78 is 28.7. The molecule has 1 aromatic carbocycles. The summed E-state index contributed by atoms with van der Waals surface area (Å²) in [5.41, 5.74) is 0.632. The highest BCUT2D eigenvalue weighted by atomic mass is 35.5. The van der Waals surface area contributed by atoms with Crippen molar-refractivity contribution in [3.8, 4) is 0 Å². The van der Waals surface area contributed by atoms with Gasteiger partial charge in [-0.25, -0.2) is 8.78 Å². The fraction of sp³-hybridized carbons (Fsp3) is 0.154. The quantitative estimate of drug-likeness (QED) is 0.841. The number of benzene rings is 1. The Morgan fingerprint density at radius 2 is 2.05 bits per heavy atom. The maximum absolute atomic E-state index is 13.7. The molecule has 2 rings (SSSR count). The zero-order valence-electron chi connectivity index (χ0n) is 10.3. The number of aryl methyl sites for hydroxylation is 2. The van der Waals surface area contributed by atoms with Crippen molar-refractivity contribution in [2.75, 3.05) is 5.32 Å². The molecule has 0 aliphatic rings. The van der Waals surface area contributed by atoms with Crippen molar-refractivity contribution in [2.24, 2.45) is 7.05 Å². The van der Waals surface area contributed by atoms with Gasteiger partial charge in [-0.3, -0.25) is 4.79 Å². The molecule has 0 unspecified atom stereocenters. The third kappa shape index (κ3) is 2.61. The Balaban J connectivity index is 2.34. The minimum atomic E-state index is -0.985. The summed E-state index contributed by atoms with van der Waals surface area (Å²) in [4.78, 5) is 12.0. The highest BCUT2D eigenvalue weighted by molar-refractivity contribution is 6.31. The number of hydrogen-bond acceptors (Lipinski definition) is 1. The molecule has 0 spiro atoms. The summed E-state index contributed by atoms with van der Waals surface area (Å²) in [6.07, 6.45) is 1.74. The molecule has 100 valence electrons. The van der Waals surface area contributed by atoms with Gasteiger partial charge >= 0.3 is 0 Å². The molecule has 19 heavy (non-hydrogen) atoms. The van der Waals surface area contributed by atoms with Crippen LogP contribution in [0.4, 0.5) is 14.5 Å². The molecule has 2 aromatic rings. The number of carbonyl (C=O) groups excluding carboxylic acids is 1. The van der Waals surface area contributed by atoms with Crippen LogP contribution in [-0.4, -0.2) is 10.5 Å². The summed E-state index contributed by atoms with van der Waals surface area (Å²) in [6.45, 7) is 1.82. The summed E-state index contributed by atoms with van der Waals surface area (Å²) in [6, 6.07) is 3.71. The van der Waals surface area contributed by atoms with E-state index >= 15 is 0 Å². The van der Waals surface area contributed by atoms with Crippen LogP contribution in [-0.2, 0) is 7.05 Å². The van der Waals surface area contributed by atoms with E-state index in [0.717, 1.165) is 17.7 Å². The number of nitrogens with zero attached hydrogens (tertiary/aromatic N) is 1. The van der Waals surface area contributed by atoms with Crippen LogP contribution < -0.4 is 5.32 Å². The number of amides is 1. The van der Waals surface area contributed by atoms with Crippen molar-refractivity contribution < 1.29 is 13.6 Å². The van der Waals surface area contributed by atoms with E-state index in [1.807, 2.05) is 6.92 Å². The third-order valence-electron chi connectivity index (χ3n) is 2.66. The Morgan fingerprint density at radius 1 is 1.37 bits per heavy atom. The van der Waals surface area contributed by atoms with Crippen LogP contribution in [0.3, 0.4) is 0 Å². The van der Waals surface area contributed by atoms with Gasteiger partial charge in [0.25, 0.3) is 5.91 Å².